The van der Waals surface area contributed by atoms with E-state index in [9.17, 15) is 13.2 Å². The van der Waals surface area contributed by atoms with Gasteiger partial charge in [-0.05, 0) is 81.0 Å². The summed E-state index contributed by atoms with van der Waals surface area (Å²) in [4.78, 5) is 14.8. The summed E-state index contributed by atoms with van der Waals surface area (Å²) in [5.41, 5.74) is 2.43. The number of hydrogen-bond acceptors (Lipinski definition) is 4. The molecule has 1 saturated carbocycles. The van der Waals surface area contributed by atoms with Crippen LogP contribution >= 0.6 is 0 Å². The van der Waals surface area contributed by atoms with E-state index in [0.717, 1.165) is 50.8 Å². The third-order valence-electron chi connectivity index (χ3n) is 6.97. The van der Waals surface area contributed by atoms with Crippen LogP contribution in [0.4, 0.5) is 0 Å². The fourth-order valence-electron chi connectivity index (χ4n) is 5.10. The summed E-state index contributed by atoms with van der Waals surface area (Å²) in [6.45, 7) is 1.78. The molecule has 1 saturated heterocycles. The Balaban J connectivity index is 1.17. The predicted octanol–water partition coefficient (Wildman–Crippen LogP) is 3.57. The second-order valence-electron chi connectivity index (χ2n) is 9.26. The standard InChI is InChI=1S/C24H36N2O4S/c27-24(26-16-13-22(14-17-26)30-21-8-3-4-9-21)10-5-15-25-31(28,29)23-12-11-19-6-1-2-7-20(19)18-23/h11-12,18,21-22,25H,1-10,13-17H2. The van der Waals surface area contributed by atoms with E-state index < -0.39 is 10.0 Å². The van der Waals surface area contributed by atoms with E-state index in [4.69, 9.17) is 4.74 Å². The summed E-state index contributed by atoms with van der Waals surface area (Å²) in [5.74, 6) is 0.118. The molecule has 0 unspecified atom stereocenters. The van der Waals surface area contributed by atoms with Gasteiger partial charge in [-0.1, -0.05) is 18.9 Å². The van der Waals surface area contributed by atoms with Crippen LogP contribution < -0.4 is 4.72 Å². The van der Waals surface area contributed by atoms with Crippen LogP contribution in [0.2, 0.25) is 0 Å². The molecule has 0 aromatic heterocycles. The zero-order valence-electron chi connectivity index (χ0n) is 18.5. The lowest BCUT2D eigenvalue weighted by Crippen LogP contribution is -2.41. The summed E-state index contributed by atoms with van der Waals surface area (Å²) in [7, 11) is -3.53. The van der Waals surface area contributed by atoms with Crippen molar-refractivity contribution in [3.63, 3.8) is 0 Å². The topological polar surface area (TPSA) is 75.7 Å². The van der Waals surface area contributed by atoms with Crippen LogP contribution in [0.1, 0.15) is 75.3 Å². The fourth-order valence-corrected chi connectivity index (χ4v) is 6.23. The Bertz CT molecular complexity index is 856. The third kappa shape index (κ3) is 6.08. The van der Waals surface area contributed by atoms with Crippen LogP contribution in [0.3, 0.4) is 0 Å². The van der Waals surface area contributed by atoms with Crippen molar-refractivity contribution in [3.05, 3.63) is 29.3 Å². The lowest BCUT2D eigenvalue weighted by atomic mass is 9.92. The van der Waals surface area contributed by atoms with Gasteiger partial charge in [0.2, 0.25) is 15.9 Å². The molecule has 0 radical (unpaired) electrons. The number of benzene rings is 1. The molecule has 2 aliphatic carbocycles. The summed E-state index contributed by atoms with van der Waals surface area (Å²) < 4.78 is 34.1. The average molecular weight is 449 g/mol. The number of hydrogen-bond donors (Lipinski definition) is 1. The summed E-state index contributed by atoms with van der Waals surface area (Å²) in [6, 6.07) is 5.47. The molecule has 1 heterocycles. The third-order valence-corrected chi connectivity index (χ3v) is 8.43. The van der Waals surface area contributed by atoms with Gasteiger partial charge in [0, 0.05) is 26.1 Å². The molecular formula is C24H36N2O4S. The van der Waals surface area contributed by atoms with Crippen LogP contribution in [0, 0.1) is 0 Å². The van der Waals surface area contributed by atoms with Gasteiger partial charge in [0.05, 0.1) is 17.1 Å². The first-order valence-electron chi connectivity index (χ1n) is 12.1. The van der Waals surface area contributed by atoms with Crippen molar-refractivity contribution in [1.82, 2.24) is 9.62 Å². The van der Waals surface area contributed by atoms with Gasteiger partial charge in [-0.15, -0.1) is 0 Å². The molecule has 0 bridgehead atoms. The molecule has 7 heteroatoms. The number of carbonyl (C=O) groups excluding carboxylic acids is 1. The number of amides is 1. The van der Waals surface area contributed by atoms with E-state index in [0.29, 0.717) is 23.8 Å². The number of rotatable bonds is 8. The normalized spacial score (nSPS) is 20.7. The lowest BCUT2D eigenvalue weighted by Gasteiger charge is -2.33. The second kappa shape index (κ2) is 10.5. The second-order valence-corrected chi connectivity index (χ2v) is 11.0. The summed E-state index contributed by atoms with van der Waals surface area (Å²) in [5, 5.41) is 0. The molecule has 1 aromatic rings. The number of carbonyl (C=O) groups is 1. The van der Waals surface area contributed by atoms with Gasteiger partial charge in [-0.3, -0.25) is 4.79 Å². The zero-order chi connectivity index (χ0) is 21.7. The number of fused-ring (bicyclic) bond motifs is 1. The minimum Gasteiger partial charge on any atom is -0.375 e. The molecule has 2 fully saturated rings. The van der Waals surface area contributed by atoms with Gasteiger partial charge in [-0.25, -0.2) is 13.1 Å². The van der Waals surface area contributed by atoms with Gasteiger partial charge >= 0.3 is 0 Å². The highest BCUT2D eigenvalue weighted by atomic mass is 32.2. The van der Waals surface area contributed by atoms with E-state index in [1.54, 1.807) is 6.07 Å². The SMILES string of the molecule is O=C(CCCNS(=O)(=O)c1ccc2c(c1)CCCC2)N1CCC(OC2CCCC2)CC1. The smallest absolute Gasteiger partial charge is 0.240 e. The van der Waals surface area contributed by atoms with Gasteiger partial charge in [0.25, 0.3) is 0 Å². The molecule has 0 atom stereocenters. The maximum atomic E-state index is 12.6. The van der Waals surface area contributed by atoms with E-state index >= 15 is 0 Å². The average Bonchev–Trinajstić information content (AvgIpc) is 3.30. The fraction of sp³-hybridized carbons (Fsp3) is 0.708. The number of aryl methyl sites for hydroxylation is 2. The monoisotopic (exact) mass is 448 g/mol. The summed E-state index contributed by atoms with van der Waals surface area (Å²) >= 11 is 0. The Morgan fingerprint density at radius 1 is 0.968 bits per heavy atom. The molecule has 3 aliphatic rings. The van der Waals surface area contributed by atoms with E-state index in [2.05, 4.69) is 4.72 Å². The van der Waals surface area contributed by atoms with Crippen LogP contribution in [0.25, 0.3) is 0 Å². The summed E-state index contributed by atoms with van der Waals surface area (Å²) in [6.07, 6.45) is 12.6. The van der Waals surface area contributed by atoms with Crippen molar-refractivity contribution in [2.75, 3.05) is 19.6 Å². The Labute approximate surface area is 186 Å². The van der Waals surface area contributed by atoms with Crippen LogP contribution in [-0.2, 0) is 32.4 Å². The number of piperidine rings is 1. The highest BCUT2D eigenvalue weighted by Gasteiger charge is 2.26. The lowest BCUT2D eigenvalue weighted by molar-refractivity contribution is -0.134. The Morgan fingerprint density at radius 2 is 1.65 bits per heavy atom. The Hall–Kier alpha value is -1.44. The largest absolute Gasteiger partial charge is 0.375 e. The van der Waals surface area contributed by atoms with Crippen molar-refractivity contribution in [2.45, 2.75) is 94.2 Å². The molecule has 31 heavy (non-hydrogen) atoms. The number of sulfonamides is 1. The highest BCUT2D eigenvalue weighted by molar-refractivity contribution is 7.89. The molecule has 1 amide bonds. The number of nitrogens with one attached hydrogen (secondary N) is 1. The number of ether oxygens (including phenoxy) is 1. The van der Waals surface area contributed by atoms with Gasteiger partial charge < -0.3 is 9.64 Å². The van der Waals surface area contributed by atoms with Crippen molar-refractivity contribution >= 4 is 15.9 Å². The Morgan fingerprint density at radius 3 is 2.39 bits per heavy atom. The van der Waals surface area contributed by atoms with Crippen molar-refractivity contribution in [2.24, 2.45) is 0 Å². The first-order valence-corrected chi connectivity index (χ1v) is 13.5. The molecule has 1 aromatic carbocycles. The minimum absolute atomic E-state index is 0.118. The van der Waals surface area contributed by atoms with Crippen molar-refractivity contribution in [3.8, 4) is 0 Å². The highest BCUT2D eigenvalue weighted by Crippen LogP contribution is 2.26. The van der Waals surface area contributed by atoms with E-state index in [1.165, 1.54) is 37.7 Å². The van der Waals surface area contributed by atoms with Gasteiger partial charge in [0.1, 0.15) is 0 Å². The molecular weight excluding hydrogens is 412 g/mol. The first kappa shape index (κ1) is 22.7. The molecule has 4 rings (SSSR count). The Kier molecular flexibility index (Phi) is 7.67. The quantitative estimate of drug-likeness (QED) is 0.617. The molecule has 0 spiro atoms. The maximum absolute atomic E-state index is 12.6. The first-order chi connectivity index (χ1) is 15.0. The van der Waals surface area contributed by atoms with Crippen LogP contribution in [-0.4, -0.2) is 51.1 Å². The van der Waals surface area contributed by atoms with Gasteiger partial charge in [0.15, 0.2) is 0 Å². The predicted molar refractivity (Wildman–Crippen MR) is 120 cm³/mol. The molecule has 172 valence electrons. The number of nitrogens with zero attached hydrogens (tertiary/aromatic N) is 1. The number of likely N-dealkylation sites (tertiary alicyclic amines) is 1. The van der Waals surface area contributed by atoms with Gasteiger partial charge in [-0.2, -0.15) is 0 Å². The van der Waals surface area contributed by atoms with E-state index in [1.807, 2.05) is 17.0 Å². The van der Waals surface area contributed by atoms with E-state index in [-0.39, 0.29) is 18.6 Å². The minimum atomic E-state index is -3.53. The maximum Gasteiger partial charge on any atom is 0.240 e. The molecule has 1 N–H and O–H groups in total. The van der Waals surface area contributed by atoms with Crippen LogP contribution in [0.15, 0.2) is 23.1 Å². The molecule has 1 aliphatic heterocycles. The van der Waals surface area contributed by atoms with Crippen molar-refractivity contribution < 1.29 is 17.9 Å². The molecule has 6 nitrogen and oxygen atoms in total. The zero-order valence-corrected chi connectivity index (χ0v) is 19.3. The van der Waals surface area contributed by atoms with Crippen LogP contribution in [0.5, 0.6) is 0 Å². The van der Waals surface area contributed by atoms with Crippen molar-refractivity contribution in [1.29, 1.82) is 0 Å².